The number of aromatic nitrogens is 3. The molecule has 1 amide bonds. The number of aromatic hydroxyl groups is 1. The topological polar surface area (TPSA) is 97.8 Å². The van der Waals surface area contributed by atoms with Crippen molar-refractivity contribution in [3.05, 3.63) is 41.6 Å². The van der Waals surface area contributed by atoms with Gasteiger partial charge >= 0.3 is 6.09 Å². The average Bonchev–Trinajstić information content (AvgIpc) is 3.30. The molecule has 0 aliphatic carbocycles. The second-order valence-corrected chi connectivity index (χ2v) is 12.3. The molecule has 2 aromatic heterocycles. The number of carbonyl (C=O) groups is 1. The Morgan fingerprint density at radius 2 is 1.67 bits per heavy atom. The summed E-state index contributed by atoms with van der Waals surface area (Å²) in [6.45, 7) is 11.5. The van der Waals surface area contributed by atoms with Crippen LogP contribution in [0.5, 0.6) is 5.75 Å². The van der Waals surface area contributed by atoms with E-state index in [0.717, 1.165) is 69.6 Å². The van der Waals surface area contributed by atoms with Gasteiger partial charge in [-0.3, -0.25) is 4.90 Å². The lowest BCUT2D eigenvalue weighted by atomic mass is 9.95. The Bertz CT molecular complexity index is 1330. The zero-order chi connectivity index (χ0) is 27.1. The number of aromatic amines is 1. The smallest absolute Gasteiger partial charge is 0.410 e. The van der Waals surface area contributed by atoms with Gasteiger partial charge in [-0.2, -0.15) is 0 Å². The number of benzene rings is 1. The first kappa shape index (κ1) is 26.1. The number of likely N-dealkylation sites (tertiary alicyclic amines) is 2. The number of phenols is 1. The number of nitrogens with one attached hydrogen (secondary N) is 1. The minimum Gasteiger partial charge on any atom is -0.507 e. The third kappa shape index (κ3) is 5.47. The van der Waals surface area contributed by atoms with Crippen LogP contribution in [0.3, 0.4) is 0 Å². The molecule has 9 nitrogen and oxygen atoms in total. The summed E-state index contributed by atoms with van der Waals surface area (Å²) in [5, 5.41) is 20.3. The zero-order valence-corrected chi connectivity index (χ0v) is 23.3. The number of hydrogen-bond donors (Lipinski definition) is 2. The van der Waals surface area contributed by atoms with E-state index >= 15 is 0 Å². The highest BCUT2D eigenvalue weighted by atomic mass is 16.6. The van der Waals surface area contributed by atoms with Crippen LogP contribution in [-0.2, 0) is 17.7 Å². The molecule has 3 aliphatic rings. The Morgan fingerprint density at radius 1 is 0.974 bits per heavy atom. The predicted octanol–water partition coefficient (Wildman–Crippen LogP) is 4.55. The molecule has 0 unspecified atom stereocenters. The molecule has 0 saturated carbocycles. The number of rotatable bonds is 3. The lowest BCUT2D eigenvalue weighted by Gasteiger charge is -2.44. The third-order valence-corrected chi connectivity index (χ3v) is 8.59. The highest BCUT2D eigenvalue weighted by molar-refractivity contribution is 5.85. The molecular weight excluding hydrogens is 492 g/mol. The van der Waals surface area contributed by atoms with Crippen molar-refractivity contribution < 1.29 is 14.6 Å². The fourth-order valence-electron chi connectivity index (χ4n) is 6.52. The number of piperidine rings is 2. The van der Waals surface area contributed by atoms with E-state index in [2.05, 4.69) is 31.0 Å². The molecular formula is C30H40N6O3. The Morgan fingerprint density at radius 3 is 2.38 bits per heavy atom. The van der Waals surface area contributed by atoms with E-state index in [1.165, 1.54) is 24.1 Å². The van der Waals surface area contributed by atoms with Crippen LogP contribution in [0.1, 0.15) is 57.7 Å². The minimum atomic E-state index is -0.446. The second-order valence-electron chi connectivity index (χ2n) is 12.3. The van der Waals surface area contributed by atoms with Gasteiger partial charge in [-0.05, 0) is 83.3 Å². The van der Waals surface area contributed by atoms with Crippen molar-refractivity contribution in [2.45, 2.75) is 77.1 Å². The molecule has 39 heavy (non-hydrogen) atoms. The van der Waals surface area contributed by atoms with Gasteiger partial charge in [-0.25, -0.2) is 4.79 Å². The lowest BCUT2D eigenvalue weighted by Crippen LogP contribution is -2.52. The van der Waals surface area contributed by atoms with Gasteiger partial charge in [-0.1, -0.05) is 12.1 Å². The number of hydrogen-bond acceptors (Lipinski definition) is 7. The van der Waals surface area contributed by atoms with Crippen molar-refractivity contribution in [3.63, 3.8) is 0 Å². The number of para-hydroxylation sites is 1. The van der Waals surface area contributed by atoms with Crippen molar-refractivity contribution in [2.75, 3.05) is 32.7 Å². The normalized spacial score (nSPS) is 20.3. The van der Waals surface area contributed by atoms with Crippen LogP contribution < -0.4 is 0 Å². The Hall–Kier alpha value is -3.17. The van der Waals surface area contributed by atoms with Crippen LogP contribution in [-0.4, -0.2) is 91.5 Å². The molecule has 3 aliphatic heterocycles. The molecule has 2 N–H and O–H groups in total. The summed E-state index contributed by atoms with van der Waals surface area (Å²) in [6.07, 6.45) is 5.19. The fourth-order valence-corrected chi connectivity index (χ4v) is 6.52. The summed E-state index contributed by atoms with van der Waals surface area (Å²) in [4.78, 5) is 23.1. The maximum absolute atomic E-state index is 12.4. The summed E-state index contributed by atoms with van der Waals surface area (Å²) in [6, 6.07) is 10.5. The summed E-state index contributed by atoms with van der Waals surface area (Å²) in [5.74, 6) is 0.222. The van der Waals surface area contributed by atoms with Gasteiger partial charge in [0.15, 0.2) is 5.65 Å². The predicted molar refractivity (Wildman–Crippen MR) is 151 cm³/mol. The van der Waals surface area contributed by atoms with Crippen LogP contribution in [0.25, 0.3) is 22.3 Å². The van der Waals surface area contributed by atoms with Gasteiger partial charge in [0.25, 0.3) is 0 Å². The molecule has 1 aromatic carbocycles. The Labute approximate surface area is 230 Å². The number of carbonyl (C=O) groups excluding carboxylic acids is 1. The molecule has 2 saturated heterocycles. The van der Waals surface area contributed by atoms with Crippen molar-refractivity contribution in [1.82, 2.24) is 29.9 Å². The van der Waals surface area contributed by atoms with Crippen LogP contribution >= 0.6 is 0 Å². The first-order chi connectivity index (χ1) is 18.7. The highest BCUT2D eigenvalue weighted by Gasteiger charge is 2.34. The summed E-state index contributed by atoms with van der Waals surface area (Å²) in [7, 11) is 0. The van der Waals surface area contributed by atoms with E-state index in [0.29, 0.717) is 23.3 Å². The van der Waals surface area contributed by atoms with Gasteiger partial charge in [0.2, 0.25) is 0 Å². The number of phenolic OH excluding ortho intramolecular Hbond substituents is 1. The van der Waals surface area contributed by atoms with Crippen LogP contribution in [0, 0.1) is 0 Å². The van der Waals surface area contributed by atoms with Gasteiger partial charge in [-0.15, -0.1) is 10.2 Å². The number of ether oxygens (including phenoxy) is 1. The number of fused-ring (bicyclic) bond motifs is 3. The van der Waals surface area contributed by atoms with Crippen molar-refractivity contribution in [3.8, 4) is 17.0 Å². The molecule has 5 heterocycles. The van der Waals surface area contributed by atoms with Crippen molar-refractivity contribution in [1.29, 1.82) is 0 Å². The summed E-state index contributed by atoms with van der Waals surface area (Å²) < 4.78 is 5.57. The summed E-state index contributed by atoms with van der Waals surface area (Å²) >= 11 is 0. The highest BCUT2D eigenvalue weighted by Crippen LogP contribution is 2.34. The second kappa shape index (κ2) is 10.4. The molecule has 6 rings (SSSR count). The molecule has 0 spiro atoms. The first-order valence-electron chi connectivity index (χ1n) is 14.4. The van der Waals surface area contributed by atoms with E-state index < -0.39 is 5.60 Å². The van der Waals surface area contributed by atoms with Crippen molar-refractivity contribution >= 4 is 17.1 Å². The van der Waals surface area contributed by atoms with E-state index in [-0.39, 0.29) is 11.8 Å². The SMILES string of the molecule is CC(C)(C)OC(=O)N1CCC(N2CCC(N3CCc4[nH]c5nnc(-c6ccccc6O)cc5c4C3)CC2)CC1. The van der Waals surface area contributed by atoms with E-state index in [1.54, 1.807) is 6.07 Å². The molecule has 0 radical (unpaired) electrons. The number of nitrogens with zero attached hydrogens (tertiary/aromatic N) is 5. The quantitative estimate of drug-likeness (QED) is 0.511. The molecule has 0 atom stereocenters. The van der Waals surface area contributed by atoms with E-state index in [9.17, 15) is 9.90 Å². The molecule has 0 bridgehead atoms. The summed E-state index contributed by atoms with van der Waals surface area (Å²) in [5.41, 5.74) is 4.37. The van der Waals surface area contributed by atoms with E-state index in [1.807, 2.05) is 43.9 Å². The molecule has 3 aromatic rings. The third-order valence-electron chi connectivity index (χ3n) is 8.59. The maximum Gasteiger partial charge on any atom is 0.410 e. The number of amides is 1. The van der Waals surface area contributed by atoms with Crippen LogP contribution in [0.4, 0.5) is 4.79 Å². The van der Waals surface area contributed by atoms with Gasteiger partial charge in [0.05, 0.1) is 5.69 Å². The first-order valence-corrected chi connectivity index (χ1v) is 14.4. The van der Waals surface area contributed by atoms with Crippen molar-refractivity contribution in [2.24, 2.45) is 0 Å². The average molecular weight is 533 g/mol. The minimum absolute atomic E-state index is 0.180. The Balaban J connectivity index is 1.07. The largest absolute Gasteiger partial charge is 0.507 e. The zero-order valence-electron chi connectivity index (χ0n) is 23.3. The Kier molecular flexibility index (Phi) is 6.97. The molecule has 208 valence electrons. The maximum atomic E-state index is 12.4. The lowest BCUT2D eigenvalue weighted by molar-refractivity contribution is 0.00947. The standard InChI is InChI=1S/C30H40N6O3/c1-30(2,3)39-29(38)35-15-10-20(11-16-35)34-13-8-21(9-14-34)36-17-12-25-24(19-36)23-18-26(32-33-28(23)31-25)22-6-4-5-7-27(22)37/h4-7,18,20-21,37H,8-17,19H2,1-3H3,(H,31,33). The molecule has 9 heteroatoms. The van der Waals surface area contributed by atoms with Crippen LogP contribution in [0.2, 0.25) is 0 Å². The van der Waals surface area contributed by atoms with E-state index in [4.69, 9.17) is 4.74 Å². The number of H-pyrrole nitrogens is 1. The van der Waals surface area contributed by atoms with Gasteiger partial charge < -0.3 is 24.6 Å². The monoisotopic (exact) mass is 532 g/mol. The van der Waals surface area contributed by atoms with Gasteiger partial charge in [0.1, 0.15) is 11.4 Å². The van der Waals surface area contributed by atoms with Gasteiger partial charge in [0, 0.05) is 61.3 Å². The fraction of sp³-hybridized carbons (Fsp3) is 0.567. The van der Waals surface area contributed by atoms with Crippen LogP contribution in [0.15, 0.2) is 30.3 Å². The molecule has 2 fully saturated rings.